The van der Waals surface area contributed by atoms with Gasteiger partial charge in [-0.25, -0.2) is 5.06 Å². The summed E-state index contributed by atoms with van der Waals surface area (Å²) in [5, 5.41) is 5.80. The van der Waals surface area contributed by atoms with Crippen LogP contribution in [0.5, 0.6) is 0 Å². The number of rotatable bonds is 4. The molecular formula is C17H26N4O3. The summed E-state index contributed by atoms with van der Waals surface area (Å²) in [6, 6.07) is 0. The summed E-state index contributed by atoms with van der Waals surface area (Å²) in [7, 11) is 1.94. The summed E-state index contributed by atoms with van der Waals surface area (Å²) in [5.41, 5.74) is 1.23. The van der Waals surface area contributed by atoms with Gasteiger partial charge in [0.2, 0.25) is 5.91 Å². The van der Waals surface area contributed by atoms with E-state index in [0.717, 1.165) is 39.0 Å². The highest BCUT2D eigenvalue weighted by Gasteiger charge is 2.44. The second-order valence-electron chi connectivity index (χ2n) is 7.25. The van der Waals surface area contributed by atoms with Crippen molar-refractivity contribution in [1.82, 2.24) is 19.7 Å². The molecule has 24 heavy (non-hydrogen) atoms. The molecule has 0 bridgehead atoms. The molecule has 1 aromatic rings. The maximum absolute atomic E-state index is 12.4. The van der Waals surface area contributed by atoms with Crippen LogP contribution in [0.4, 0.5) is 0 Å². The van der Waals surface area contributed by atoms with Crippen molar-refractivity contribution < 1.29 is 14.4 Å². The van der Waals surface area contributed by atoms with Crippen LogP contribution in [0, 0.1) is 11.8 Å². The zero-order valence-corrected chi connectivity index (χ0v) is 14.3. The van der Waals surface area contributed by atoms with Crippen molar-refractivity contribution >= 4 is 5.91 Å². The van der Waals surface area contributed by atoms with E-state index >= 15 is 0 Å². The number of aromatic nitrogens is 2. The number of nitrogens with zero attached hydrogens (tertiary/aromatic N) is 4. The molecule has 0 aliphatic carbocycles. The lowest BCUT2D eigenvalue weighted by Gasteiger charge is -2.27. The highest BCUT2D eigenvalue weighted by atomic mass is 16.7. The maximum Gasteiger partial charge on any atom is 0.246 e. The molecule has 7 nitrogen and oxygen atoms in total. The number of ether oxygens (including phenoxy) is 1. The Morgan fingerprint density at radius 1 is 1.38 bits per heavy atom. The van der Waals surface area contributed by atoms with Gasteiger partial charge in [0.1, 0.15) is 0 Å². The van der Waals surface area contributed by atoms with Gasteiger partial charge in [-0.1, -0.05) is 0 Å². The van der Waals surface area contributed by atoms with E-state index < -0.39 is 0 Å². The summed E-state index contributed by atoms with van der Waals surface area (Å²) in [5.74, 6) is 0.886. The smallest absolute Gasteiger partial charge is 0.246 e. The van der Waals surface area contributed by atoms with E-state index in [0.29, 0.717) is 31.5 Å². The third-order valence-electron chi connectivity index (χ3n) is 5.40. The minimum absolute atomic E-state index is 0.120. The first kappa shape index (κ1) is 16.1. The predicted octanol–water partition coefficient (Wildman–Crippen LogP) is 0.811. The van der Waals surface area contributed by atoms with Crippen LogP contribution < -0.4 is 0 Å². The fourth-order valence-electron chi connectivity index (χ4n) is 4.15. The third kappa shape index (κ3) is 3.34. The van der Waals surface area contributed by atoms with Crippen molar-refractivity contribution in [2.75, 3.05) is 32.8 Å². The van der Waals surface area contributed by atoms with Crippen LogP contribution >= 0.6 is 0 Å². The van der Waals surface area contributed by atoms with Crippen LogP contribution in [0.15, 0.2) is 12.4 Å². The number of aryl methyl sites for hydroxylation is 1. The Bertz CT molecular complexity index is 584. The number of likely N-dealkylation sites (tertiary alicyclic amines) is 1. The molecule has 7 heteroatoms. The number of carbonyl (C=O) groups excluding carboxylic acids is 1. The van der Waals surface area contributed by atoms with Gasteiger partial charge in [0.15, 0.2) is 0 Å². The lowest BCUT2D eigenvalue weighted by molar-refractivity contribution is -0.198. The van der Waals surface area contributed by atoms with E-state index in [1.54, 1.807) is 5.06 Å². The summed E-state index contributed by atoms with van der Waals surface area (Å²) in [6.45, 7) is 4.95. The zero-order valence-electron chi connectivity index (χ0n) is 14.3. The average molecular weight is 334 g/mol. The molecule has 4 heterocycles. The highest BCUT2D eigenvalue weighted by molar-refractivity contribution is 5.75. The molecule has 3 aliphatic rings. The van der Waals surface area contributed by atoms with E-state index in [1.807, 2.05) is 17.9 Å². The first-order valence-electron chi connectivity index (χ1n) is 8.94. The molecule has 0 unspecified atom stereocenters. The Morgan fingerprint density at radius 3 is 3.04 bits per heavy atom. The van der Waals surface area contributed by atoms with E-state index in [-0.39, 0.29) is 12.0 Å². The van der Waals surface area contributed by atoms with Gasteiger partial charge in [-0.2, -0.15) is 5.10 Å². The Kier molecular flexibility index (Phi) is 4.56. The highest BCUT2D eigenvalue weighted by Crippen LogP contribution is 2.36. The maximum atomic E-state index is 12.4. The van der Waals surface area contributed by atoms with E-state index in [1.165, 1.54) is 5.56 Å². The summed E-state index contributed by atoms with van der Waals surface area (Å²) >= 11 is 0. The molecule has 3 aliphatic heterocycles. The van der Waals surface area contributed by atoms with E-state index in [4.69, 9.17) is 9.57 Å². The van der Waals surface area contributed by atoms with Crippen molar-refractivity contribution in [3.63, 3.8) is 0 Å². The van der Waals surface area contributed by atoms with Crippen molar-refractivity contribution in [2.24, 2.45) is 18.9 Å². The van der Waals surface area contributed by atoms with Crippen molar-refractivity contribution in [3.8, 4) is 0 Å². The third-order valence-corrected chi connectivity index (χ3v) is 5.40. The first-order chi connectivity index (χ1) is 11.7. The molecule has 1 amide bonds. The fourth-order valence-corrected chi connectivity index (χ4v) is 4.15. The molecule has 0 radical (unpaired) electrons. The second-order valence-corrected chi connectivity index (χ2v) is 7.25. The van der Waals surface area contributed by atoms with Crippen LogP contribution in [0.25, 0.3) is 0 Å². The molecule has 4 rings (SSSR count). The zero-order chi connectivity index (χ0) is 16.5. The van der Waals surface area contributed by atoms with E-state index in [9.17, 15) is 4.79 Å². The minimum Gasteiger partial charge on any atom is -0.376 e. The molecule has 132 valence electrons. The lowest BCUT2D eigenvalue weighted by Crippen LogP contribution is -2.37. The van der Waals surface area contributed by atoms with Crippen LogP contribution in [0.1, 0.15) is 24.8 Å². The molecule has 0 saturated carbocycles. The molecule has 1 aromatic heterocycles. The Balaban J connectivity index is 1.31. The number of hydrogen-bond donors (Lipinski definition) is 0. The van der Waals surface area contributed by atoms with Gasteiger partial charge in [-0.05, 0) is 18.8 Å². The number of amides is 1. The molecular weight excluding hydrogens is 308 g/mol. The lowest BCUT2D eigenvalue weighted by atomic mass is 9.90. The van der Waals surface area contributed by atoms with Crippen LogP contribution in [0.3, 0.4) is 0 Å². The van der Waals surface area contributed by atoms with Crippen molar-refractivity contribution in [2.45, 2.75) is 31.9 Å². The fraction of sp³-hybridized carbons (Fsp3) is 0.765. The Hall–Kier alpha value is -1.44. The monoisotopic (exact) mass is 334 g/mol. The molecule has 3 atom stereocenters. The van der Waals surface area contributed by atoms with Crippen LogP contribution in [0.2, 0.25) is 0 Å². The summed E-state index contributed by atoms with van der Waals surface area (Å²) < 4.78 is 7.81. The normalized spacial score (nSPS) is 30.7. The van der Waals surface area contributed by atoms with Crippen LogP contribution in [-0.2, 0) is 28.0 Å². The minimum atomic E-state index is 0.120. The van der Waals surface area contributed by atoms with Gasteiger partial charge in [-0.15, -0.1) is 0 Å². The number of fused-ring (bicyclic) bond motifs is 1. The van der Waals surface area contributed by atoms with Gasteiger partial charge in [0.25, 0.3) is 0 Å². The van der Waals surface area contributed by atoms with Crippen molar-refractivity contribution in [3.05, 3.63) is 18.0 Å². The largest absolute Gasteiger partial charge is 0.376 e. The number of hydrogen-bond acceptors (Lipinski definition) is 5. The van der Waals surface area contributed by atoms with Gasteiger partial charge in [0.05, 0.1) is 25.5 Å². The first-order valence-corrected chi connectivity index (χ1v) is 8.94. The predicted molar refractivity (Wildman–Crippen MR) is 86.7 cm³/mol. The molecule has 0 N–H and O–H groups in total. The average Bonchev–Trinajstić information content (AvgIpc) is 3.26. The van der Waals surface area contributed by atoms with Crippen molar-refractivity contribution in [1.29, 1.82) is 0 Å². The molecule has 0 spiro atoms. The van der Waals surface area contributed by atoms with Gasteiger partial charge >= 0.3 is 0 Å². The number of carbonyl (C=O) groups is 1. The van der Waals surface area contributed by atoms with Gasteiger partial charge in [-0.3, -0.25) is 19.2 Å². The van der Waals surface area contributed by atoms with Crippen LogP contribution in [-0.4, -0.2) is 64.6 Å². The van der Waals surface area contributed by atoms with E-state index in [2.05, 4.69) is 16.2 Å². The Morgan fingerprint density at radius 2 is 2.29 bits per heavy atom. The van der Waals surface area contributed by atoms with Gasteiger partial charge < -0.3 is 4.74 Å². The summed E-state index contributed by atoms with van der Waals surface area (Å²) in [6.07, 6.45) is 6.87. The summed E-state index contributed by atoms with van der Waals surface area (Å²) in [4.78, 5) is 20.3. The number of hydroxylamine groups is 2. The molecule has 0 aromatic carbocycles. The topological polar surface area (TPSA) is 59.8 Å². The SMILES string of the molecule is Cn1cc(CN2C[C@H]3[C@H](CC(=O)N4CCCCO4)CO[C@H]3C2)cn1. The van der Waals surface area contributed by atoms with Gasteiger partial charge in [0, 0.05) is 57.3 Å². The molecule has 3 saturated heterocycles. The molecule has 3 fully saturated rings. The second kappa shape index (κ2) is 6.82. The Labute approximate surface area is 142 Å². The standard InChI is InChI=1S/C17H26N4O3/c1-19-8-13(7-18-19)9-20-10-15-14(12-23-16(15)11-20)6-17(22)21-4-2-3-5-24-21/h7-8,14-16H,2-6,9-12H2,1H3/t14-,15+,16+/m1/s1. The quantitative estimate of drug-likeness (QED) is 0.816.